The second-order valence-corrected chi connectivity index (χ2v) is 7.33. The van der Waals surface area contributed by atoms with Gasteiger partial charge in [-0.05, 0) is 63.6 Å². The number of esters is 1. The molecule has 2 aromatic rings. The number of nitrogens with zero attached hydrogens (tertiary/aromatic N) is 2. The molecule has 1 aromatic heterocycles. The van der Waals surface area contributed by atoms with E-state index < -0.39 is 5.97 Å². The van der Waals surface area contributed by atoms with E-state index in [2.05, 4.69) is 4.99 Å². The summed E-state index contributed by atoms with van der Waals surface area (Å²) in [5.74, 6) is -0.754. The Labute approximate surface area is 173 Å². The summed E-state index contributed by atoms with van der Waals surface area (Å²) in [6.07, 6.45) is 1.75. The highest BCUT2D eigenvalue weighted by atomic mass is 35.5. The van der Waals surface area contributed by atoms with Crippen LogP contribution in [0, 0.1) is 13.8 Å². The molecule has 3 rings (SSSR count). The van der Waals surface area contributed by atoms with E-state index in [1.807, 2.05) is 36.6 Å². The molecule has 1 N–H and O–H groups in total. The van der Waals surface area contributed by atoms with Crippen LogP contribution in [0.3, 0.4) is 0 Å². The van der Waals surface area contributed by atoms with Gasteiger partial charge in [-0.1, -0.05) is 23.2 Å². The molecule has 28 heavy (non-hydrogen) atoms. The fourth-order valence-electron chi connectivity index (χ4n) is 3.28. The van der Waals surface area contributed by atoms with Gasteiger partial charge in [0.15, 0.2) is 5.76 Å². The maximum absolute atomic E-state index is 12.1. The Hall–Kier alpha value is -2.50. The lowest BCUT2D eigenvalue weighted by Gasteiger charge is -2.11. The van der Waals surface area contributed by atoms with Gasteiger partial charge in [-0.2, -0.15) is 0 Å². The number of benzene rings is 1. The van der Waals surface area contributed by atoms with Crippen molar-refractivity contribution in [3.05, 3.63) is 68.3 Å². The van der Waals surface area contributed by atoms with Crippen LogP contribution in [0.4, 0.5) is 0 Å². The molecule has 1 aliphatic rings. The van der Waals surface area contributed by atoms with Gasteiger partial charge in [-0.15, -0.1) is 0 Å². The molecule has 0 spiro atoms. The van der Waals surface area contributed by atoms with Crippen LogP contribution in [0.25, 0.3) is 11.8 Å². The molecule has 0 saturated heterocycles. The second-order valence-electron chi connectivity index (χ2n) is 6.46. The zero-order valence-corrected chi connectivity index (χ0v) is 17.5. The maximum Gasteiger partial charge on any atom is 0.343 e. The van der Waals surface area contributed by atoms with Crippen molar-refractivity contribution in [1.82, 2.24) is 4.57 Å². The van der Waals surface area contributed by atoms with Crippen LogP contribution in [0.5, 0.6) is 0 Å². The first kappa shape index (κ1) is 20.2. The van der Waals surface area contributed by atoms with Crippen molar-refractivity contribution in [3.63, 3.8) is 0 Å². The van der Waals surface area contributed by atoms with Crippen molar-refractivity contribution in [2.45, 2.75) is 27.7 Å². The van der Waals surface area contributed by atoms with E-state index in [1.165, 1.54) is 0 Å². The predicted molar refractivity (Wildman–Crippen MR) is 113 cm³/mol. The lowest BCUT2D eigenvalue weighted by atomic mass is 10.1. The summed E-state index contributed by atoms with van der Waals surface area (Å²) in [5, 5.41) is 11.6. The number of aliphatic hydroxyl groups excluding tert-OH is 1. The van der Waals surface area contributed by atoms with Crippen LogP contribution in [-0.4, -0.2) is 28.0 Å². The van der Waals surface area contributed by atoms with Gasteiger partial charge >= 0.3 is 5.97 Å². The standard InChI is InChI=1S/C21H20Cl2N2O3/c1-5-28-21(27)19-12(3)24-18(20(19)26)7-14-6-11(2)25(13(14)4)17-9-15(22)8-16(23)10-17/h6-10,26H,5H2,1-4H3/b18-7-. The van der Waals surface area contributed by atoms with E-state index >= 15 is 0 Å². The molecule has 146 valence electrons. The van der Waals surface area contributed by atoms with Crippen molar-refractivity contribution in [3.8, 4) is 5.69 Å². The van der Waals surface area contributed by atoms with Gasteiger partial charge in [-0.25, -0.2) is 9.79 Å². The largest absolute Gasteiger partial charge is 0.505 e. The molecular weight excluding hydrogens is 399 g/mol. The Kier molecular flexibility index (Phi) is 5.68. The minimum absolute atomic E-state index is 0.100. The second kappa shape index (κ2) is 7.86. The molecule has 1 aromatic carbocycles. The van der Waals surface area contributed by atoms with E-state index in [9.17, 15) is 9.90 Å². The summed E-state index contributed by atoms with van der Waals surface area (Å²) >= 11 is 12.3. The van der Waals surface area contributed by atoms with E-state index in [0.717, 1.165) is 22.6 Å². The molecule has 0 bridgehead atoms. The topological polar surface area (TPSA) is 63.8 Å². The quantitative estimate of drug-likeness (QED) is 0.657. The minimum Gasteiger partial charge on any atom is -0.505 e. The number of aliphatic hydroxyl groups is 1. The van der Waals surface area contributed by atoms with Crippen LogP contribution in [0.15, 0.2) is 46.3 Å². The lowest BCUT2D eigenvalue weighted by Crippen LogP contribution is -2.13. The number of carbonyl (C=O) groups excluding carboxylic acids is 1. The van der Waals surface area contributed by atoms with Gasteiger partial charge in [0.25, 0.3) is 0 Å². The summed E-state index contributed by atoms with van der Waals surface area (Å²) in [4.78, 5) is 16.4. The molecule has 2 heterocycles. The summed E-state index contributed by atoms with van der Waals surface area (Å²) in [5.41, 5.74) is 4.45. The van der Waals surface area contributed by atoms with Gasteiger partial charge in [0, 0.05) is 27.1 Å². The molecule has 0 radical (unpaired) electrons. The van der Waals surface area contributed by atoms with Crippen LogP contribution in [-0.2, 0) is 9.53 Å². The molecule has 0 unspecified atom stereocenters. The van der Waals surface area contributed by atoms with Gasteiger partial charge < -0.3 is 14.4 Å². The highest BCUT2D eigenvalue weighted by Crippen LogP contribution is 2.30. The van der Waals surface area contributed by atoms with E-state index in [0.29, 0.717) is 21.5 Å². The third-order valence-corrected chi connectivity index (χ3v) is 4.91. The SMILES string of the molecule is CCOC(=O)C1=C(O)/C(=C/c2cc(C)n(-c3cc(Cl)cc(Cl)c3)c2C)N=C1C. The fraction of sp³-hybridized carbons (Fsp3) is 0.238. The molecule has 0 atom stereocenters. The first-order chi connectivity index (χ1) is 13.2. The lowest BCUT2D eigenvalue weighted by molar-refractivity contribution is -0.138. The molecule has 7 heteroatoms. The Morgan fingerprint density at radius 3 is 2.43 bits per heavy atom. The Morgan fingerprint density at radius 1 is 1.18 bits per heavy atom. The number of halogens is 2. The smallest absolute Gasteiger partial charge is 0.343 e. The normalized spacial score (nSPS) is 15.4. The summed E-state index contributed by atoms with van der Waals surface area (Å²) in [7, 11) is 0. The number of aromatic nitrogens is 1. The highest BCUT2D eigenvalue weighted by molar-refractivity contribution is 6.34. The zero-order chi connectivity index (χ0) is 20.6. The Bertz CT molecular complexity index is 1040. The Morgan fingerprint density at radius 2 is 1.82 bits per heavy atom. The van der Waals surface area contributed by atoms with Gasteiger partial charge in [0.2, 0.25) is 0 Å². The molecule has 0 aliphatic carbocycles. The Balaban J connectivity index is 2.06. The molecular formula is C21H20Cl2N2O3. The third kappa shape index (κ3) is 3.73. The van der Waals surface area contributed by atoms with Crippen molar-refractivity contribution in [2.24, 2.45) is 4.99 Å². The number of rotatable bonds is 4. The first-order valence-electron chi connectivity index (χ1n) is 8.76. The number of carbonyl (C=O) groups is 1. The van der Waals surface area contributed by atoms with E-state index in [4.69, 9.17) is 27.9 Å². The van der Waals surface area contributed by atoms with Gasteiger partial charge in [0.05, 0.1) is 12.3 Å². The third-order valence-electron chi connectivity index (χ3n) is 4.48. The molecule has 5 nitrogen and oxygen atoms in total. The first-order valence-corrected chi connectivity index (χ1v) is 9.52. The van der Waals surface area contributed by atoms with E-state index in [1.54, 1.807) is 26.0 Å². The van der Waals surface area contributed by atoms with E-state index in [-0.39, 0.29) is 17.9 Å². The van der Waals surface area contributed by atoms with Crippen LogP contribution in [0.1, 0.15) is 30.8 Å². The summed E-state index contributed by atoms with van der Waals surface area (Å²) in [6.45, 7) is 7.52. The van der Waals surface area contributed by atoms with Crippen LogP contribution >= 0.6 is 23.2 Å². The molecule has 1 aliphatic heterocycles. The number of hydrogen-bond donors (Lipinski definition) is 1. The van der Waals surface area contributed by atoms with Crippen molar-refractivity contribution in [2.75, 3.05) is 6.61 Å². The average Bonchev–Trinajstić information content (AvgIpc) is 3.02. The zero-order valence-electron chi connectivity index (χ0n) is 16.0. The van der Waals surface area contributed by atoms with Crippen LogP contribution in [0.2, 0.25) is 10.0 Å². The average molecular weight is 419 g/mol. The van der Waals surface area contributed by atoms with Crippen molar-refractivity contribution >= 4 is 41.0 Å². The molecule has 0 saturated carbocycles. The van der Waals surface area contributed by atoms with Crippen molar-refractivity contribution in [1.29, 1.82) is 0 Å². The summed E-state index contributed by atoms with van der Waals surface area (Å²) < 4.78 is 7.01. The number of aryl methyl sites for hydroxylation is 1. The number of ether oxygens (including phenoxy) is 1. The molecule has 0 fully saturated rings. The minimum atomic E-state index is -0.580. The number of aliphatic imine (C=N–C) groups is 1. The van der Waals surface area contributed by atoms with Gasteiger partial charge in [0.1, 0.15) is 11.3 Å². The molecule has 0 amide bonds. The monoisotopic (exact) mass is 418 g/mol. The fourth-order valence-corrected chi connectivity index (χ4v) is 3.80. The van der Waals surface area contributed by atoms with Crippen LogP contribution < -0.4 is 0 Å². The predicted octanol–water partition coefficient (Wildman–Crippen LogP) is 5.59. The maximum atomic E-state index is 12.1. The van der Waals surface area contributed by atoms with Gasteiger partial charge in [-0.3, -0.25) is 0 Å². The van der Waals surface area contributed by atoms with Crippen molar-refractivity contribution < 1.29 is 14.6 Å². The highest BCUT2D eigenvalue weighted by Gasteiger charge is 2.28. The number of hydrogen-bond acceptors (Lipinski definition) is 4. The summed E-state index contributed by atoms with van der Waals surface area (Å²) in [6, 6.07) is 7.31.